The van der Waals surface area contributed by atoms with Gasteiger partial charge in [-0.05, 0) is 19.8 Å². The van der Waals surface area contributed by atoms with Crippen molar-refractivity contribution in [1.82, 2.24) is 9.97 Å². The highest BCUT2D eigenvalue weighted by Crippen LogP contribution is 2.26. The Morgan fingerprint density at radius 1 is 1.35 bits per heavy atom. The zero-order valence-corrected chi connectivity index (χ0v) is 11.2. The van der Waals surface area contributed by atoms with Crippen LogP contribution in [0.4, 0.5) is 5.82 Å². The van der Waals surface area contributed by atoms with Crippen molar-refractivity contribution in [2.75, 3.05) is 5.73 Å². The topological polar surface area (TPSA) is 61.0 Å². The fraction of sp³-hybridized carbons (Fsp3) is 0.667. The van der Waals surface area contributed by atoms with Crippen LogP contribution in [0.2, 0.25) is 5.02 Å². The van der Waals surface area contributed by atoms with Gasteiger partial charge in [0, 0.05) is 0 Å². The highest BCUT2D eigenvalue weighted by molar-refractivity contribution is 6.33. The third-order valence-corrected chi connectivity index (χ3v) is 2.92. The van der Waals surface area contributed by atoms with E-state index in [-0.39, 0.29) is 11.9 Å². The molecule has 1 atom stereocenters. The molecule has 0 aliphatic heterocycles. The molecule has 1 rings (SSSR count). The van der Waals surface area contributed by atoms with Crippen LogP contribution in [0, 0.1) is 0 Å². The van der Waals surface area contributed by atoms with Gasteiger partial charge in [-0.25, -0.2) is 9.97 Å². The third-order valence-electron chi connectivity index (χ3n) is 2.56. The number of hydrogen-bond acceptors (Lipinski definition) is 4. The minimum atomic E-state index is 0.0960. The van der Waals surface area contributed by atoms with Gasteiger partial charge in [0.25, 0.3) is 0 Å². The number of nitrogens with zero attached hydrogens (tertiary/aromatic N) is 2. The van der Waals surface area contributed by atoms with Gasteiger partial charge in [-0.15, -0.1) is 0 Å². The summed E-state index contributed by atoms with van der Waals surface area (Å²) in [6.45, 7) is 4.21. The molecule has 0 bridgehead atoms. The Balaban J connectivity index is 2.39. The Bertz CT molecular complexity index is 347. The maximum absolute atomic E-state index is 5.95. The van der Waals surface area contributed by atoms with Crippen molar-refractivity contribution in [1.29, 1.82) is 0 Å². The summed E-state index contributed by atoms with van der Waals surface area (Å²) in [5.41, 5.74) is 5.57. The van der Waals surface area contributed by atoms with Gasteiger partial charge in [0.2, 0.25) is 5.88 Å². The molecule has 1 heterocycles. The lowest BCUT2D eigenvalue weighted by Crippen LogP contribution is -2.13. The van der Waals surface area contributed by atoms with Crippen LogP contribution < -0.4 is 10.5 Å². The first-order valence-electron chi connectivity index (χ1n) is 6.07. The van der Waals surface area contributed by atoms with Crippen LogP contribution in [0.25, 0.3) is 0 Å². The van der Waals surface area contributed by atoms with Crippen LogP contribution in [0.1, 0.15) is 46.0 Å². The molecule has 0 saturated heterocycles. The lowest BCUT2D eigenvalue weighted by molar-refractivity contribution is 0.198. The Morgan fingerprint density at radius 2 is 2.12 bits per heavy atom. The fourth-order valence-electron chi connectivity index (χ4n) is 1.56. The SMILES string of the molecule is CCCCCCC(C)Oc1ncnc(N)c1Cl. The van der Waals surface area contributed by atoms with Gasteiger partial charge in [-0.3, -0.25) is 0 Å². The number of anilines is 1. The first kappa shape index (κ1) is 14.0. The third kappa shape index (κ3) is 4.77. The van der Waals surface area contributed by atoms with Gasteiger partial charge in [0.15, 0.2) is 0 Å². The first-order chi connectivity index (χ1) is 8.15. The van der Waals surface area contributed by atoms with Crippen molar-refractivity contribution in [3.05, 3.63) is 11.3 Å². The summed E-state index contributed by atoms with van der Waals surface area (Å²) in [6.07, 6.45) is 7.37. The smallest absolute Gasteiger partial charge is 0.238 e. The maximum atomic E-state index is 5.95. The zero-order chi connectivity index (χ0) is 12.7. The Kier molecular flexibility index (Phi) is 6.05. The molecule has 0 saturated carbocycles. The Labute approximate surface area is 108 Å². The molecule has 0 aromatic carbocycles. The van der Waals surface area contributed by atoms with Gasteiger partial charge in [0.05, 0.1) is 6.10 Å². The zero-order valence-electron chi connectivity index (χ0n) is 10.4. The molecule has 4 nitrogen and oxygen atoms in total. The monoisotopic (exact) mass is 257 g/mol. The molecule has 0 radical (unpaired) electrons. The van der Waals surface area contributed by atoms with Gasteiger partial charge < -0.3 is 10.5 Å². The van der Waals surface area contributed by atoms with E-state index in [0.717, 1.165) is 12.8 Å². The minimum Gasteiger partial charge on any atom is -0.473 e. The summed E-state index contributed by atoms with van der Waals surface area (Å²) in [7, 11) is 0. The normalized spacial score (nSPS) is 12.4. The summed E-state index contributed by atoms with van der Waals surface area (Å²) in [6, 6.07) is 0. The summed E-state index contributed by atoms with van der Waals surface area (Å²) >= 11 is 5.95. The highest BCUT2D eigenvalue weighted by Gasteiger charge is 2.11. The fourth-order valence-corrected chi connectivity index (χ4v) is 1.70. The van der Waals surface area contributed by atoms with Crippen LogP contribution in [-0.2, 0) is 0 Å². The molecular formula is C12H20ClN3O. The Hall–Kier alpha value is -1.03. The maximum Gasteiger partial charge on any atom is 0.238 e. The van der Waals surface area contributed by atoms with Crippen LogP contribution in [0.3, 0.4) is 0 Å². The summed E-state index contributed by atoms with van der Waals surface area (Å²) < 4.78 is 5.64. The standard InChI is InChI=1S/C12H20ClN3O/c1-3-4-5-6-7-9(2)17-12-10(13)11(14)15-8-16-12/h8-9H,3-7H2,1-2H3,(H2,14,15,16). The van der Waals surface area contributed by atoms with E-state index in [1.165, 1.54) is 25.6 Å². The van der Waals surface area contributed by atoms with E-state index in [2.05, 4.69) is 16.9 Å². The van der Waals surface area contributed by atoms with Gasteiger partial charge >= 0.3 is 0 Å². The van der Waals surface area contributed by atoms with E-state index in [4.69, 9.17) is 22.1 Å². The van der Waals surface area contributed by atoms with Crippen LogP contribution >= 0.6 is 11.6 Å². The second kappa shape index (κ2) is 7.33. The lowest BCUT2D eigenvalue weighted by atomic mass is 10.1. The van der Waals surface area contributed by atoms with Crippen molar-refractivity contribution >= 4 is 17.4 Å². The second-order valence-electron chi connectivity index (χ2n) is 4.16. The molecule has 0 aliphatic rings. The van der Waals surface area contributed by atoms with Crippen LogP contribution in [0.15, 0.2) is 6.33 Å². The van der Waals surface area contributed by atoms with Crippen molar-refractivity contribution < 1.29 is 4.74 Å². The lowest BCUT2D eigenvalue weighted by Gasteiger charge is -2.14. The molecule has 5 heteroatoms. The molecule has 1 aromatic heterocycles. The van der Waals surface area contributed by atoms with E-state index in [1.54, 1.807) is 0 Å². The number of nitrogen functional groups attached to an aromatic ring is 1. The average molecular weight is 258 g/mol. The number of halogens is 1. The summed E-state index contributed by atoms with van der Waals surface area (Å²) in [5.74, 6) is 0.636. The number of ether oxygens (including phenoxy) is 1. The average Bonchev–Trinajstić information content (AvgIpc) is 2.31. The molecule has 17 heavy (non-hydrogen) atoms. The number of hydrogen-bond donors (Lipinski definition) is 1. The predicted octanol–water partition coefficient (Wildman–Crippen LogP) is 3.45. The van der Waals surface area contributed by atoms with E-state index in [1.807, 2.05) is 6.92 Å². The molecule has 0 amide bonds. The van der Waals surface area contributed by atoms with E-state index in [0.29, 0.717) is 10.9 Å². The van der Waals surface area contributed by atoms with Crippen molar-refractivity contribution in [2.24, 2.45) is 0 Å². The molecule has 2 N–H and O–H groups in total. The minimum absolute atomic E-state index is 0.0960. The van der Waals surface area contributed by atoms with Crippen molar-refractivity contribution in [3.8, 4) is 5.88 Å². The Morgan fingerprint density at radius 3 is 2.82 bits per heavy atom. The molecule has 1 unspecified atom stereocenters. The molecule has 1 aromatic rings. The van der Waals surface area contributed by atoms with Crippen molar-refractivity contribution in [3.63, 3.8) is 0 Å². The van der Waals surface area contributed by atoms with Crippen LogP contribution in [-0.4, -0.2) is 16.1 Å². The number of aromatic nitrogens is 2. The van der Waals surface area contributed by atoms with E-state index >= 15 is 0 Å². The number of unbranched alkanes of at least 4 members (excludes halogenated alkanes) is 3. The van der Waals surface area contributed by atoms with Gasteiger partial charge in [-0.1, -0.05) is 37.8 Å². The quantitative estimate of drug-likeness (QED) is 0.760. The van der Waals surface area contributed by atoms with Crippen LogP contribution in [0.5, 0.6) is 5.88 Å². The molecule has 0 fully saturated rings. The first-order valence-corrected chi connectivity index (χ1v) is 6.45. The molecule has 0 spiro atoms. The van der Waals surface area contributed by atoms with Gasteiger partial charge in [0.1, 0.15) is 17.2 Å². The summed E-state index contributed by atoms with van der Waals surface area (Å²) in [4.78, 5) is 7.77. The second-order valence-corrected chi connectivity index (χ2v) is 4.53. The molecular weight excluding hydrogens is 238 g/mol. The number of nitrogens with two attached hydrogens (primary N) is 1. The highest BCUT2D eigenvalue weighted by atomic mass is 35.5. The largest absolute Gasteiger partial charge is 0.473 e. The predicted molar refractivity (Wildman–Crippen MR) is 70.3 cm³/mol. The van der Waals surface area contributed by atoms with E-state index < -0.39 is 0 Å². The summed E-state index contributed by atoms with van der Waals surface area (Å²) in [5, 5.41) is 0.299. The van der Waals surface area contributed by atoms with Gasteiger partial charge in [-0.2, -0.15) is 0 Å². The van der Waals surface area contributed by atoms with E-state index in [9.17, 15) is 0 Å². The number of rotatable bonds is 7. The molecule has 0 aliphatic carbocycles. The molecule has 96 valence electrons. The van der Waals surface area contributed by atoms with Crippen molar-refractivity contribution in [2.45, 2.75) is 52.1 Å².